The Kier molecular flexibility index (Phi) is 6.49. The Labute approximate surface area is 133 Å². The second-order valence-corrected chi connectivity index (χ2v) is 5.93. The second kappa shape index (κ2) is 7.66. The first kappa shape index (κ1) is 17.8. The van der Waals surface area contributed by atoms with E-state index < -0.39 is 0 Å². The summed E-state index contributed by atoms with van der Waals surface area (Å²) in [7, 11) is 3.97. The van der Waals surface area contributed by atoms with Crippen molar-refractivity contribution < 1.29 is 4.79 Å². The Bertz CT molecular complexity index is 468. The van der Waals surface area contributed by atoms with E-state index in [1.165, 1.54) is 0 Å². The minimum absolute atomic E-state index is 0. The summed E-state index contributed by atoms with van der Waals surface area (Å²) in [6.07, 6.45) is 2.02. The summed E-state index contributed by atoms with van der Waals surface area (Å²) in [5.41, 5.74) is 7.77. The quantitative estimate of drug-likeness (QED) is 0.932. The lowest BCUT2D eigenvalue weighted by atomic mass is 9.90. The molecule has 1 amide bonds. The molecule has 0 aliphatic carbocycles. The Balaban J connectivity index is 0.00000220. The molecule has 21 heavy (non-hydrogen) atoms. The molecular weight excluding hydrogens is 286 g/mol. The number of benzene rings is 1. The molecule has 0 radical (unpaired) electrons. The van der Waals surface area contributed by atoms with Gasteiger partial charge in [-0.05, 0) is 43.9 Å². The van der Waals surface area contributed by atoms with Crippen LogP contribution < -0.4 is 10.6 Å². The van der Waals surface area contributed by atoms with Gasteiger partial charge in [0.2, 0.25) is 0 Å². The minimum Gasteiger partial charge on any atom is -0.378 e. The first-order valence-corrected chi connectivity index (χ1v) is 7.31. The number of amides is 1. The van der Waals surface area contributed by atoms with E-state index in [2.05, 4.69) is 6.92 Å². The molecule has 0 saturated carbocycles. The van der Waals surface area contributed by atoms with Crippen molar-refractivity contribution in [3.63, 3.8) is 0 Å². The first-order chi connectivity index (χ1) is 9.49. The lowest BCUT2D eigenvalue weighted by Gasteiger charge is -2.33. The topological polar surface area (TPSA) is 49.6 Å². The number of nitrogens with zero attached hydrogens (tertiary/aromatic N) is 2. The van der Waals surface area contributed by atoms with Crippen molar-refractivity contribution in [1.82, 2.24) is 4.90 Å². The highest BCUT2D eigenvalue weighted by Crippen LogP contribution is 2.22. The van der Waals surface area contributed by atoms with Gasteiger partial charge in [0.15, 0.2) is 0 Å². The van der Waals surface area contributed by atoms with Gasteiger partial charge in [-0.25, -0.2) is 0 Å². The summed E-state index contributed by atoms with van der Waals surface area (Å²) >= 11 is 0. The molecule has 1 unspecified atom stereocenters. The van der Waals surface area contributed by atoms with Crippen LogP contribution in [0.3, 0.4) is 0 Å². The number of carbonyl (C=O) groups is 1. The van der Waals surface area contributed by atoms with Crippen molar-refractivity contribution in [3.05, 3.63) is 29.8 Å². The average molecular weight is 312 g/mol. The fraction of sp³-hybridized carbons (Fsp3) is 0.562. The lowest BCUT2D eigenvalue weighted by Crippen LogP contribution is -2.42. The highest BCUT2D eigenvalue weighted by molar-refractivity contribution is 5.95. The number of piperidine rings is 1. The SMILES string of the molecule is CC(N)C1CCN(C(=O)c2cccc(N(C)C)c2)CC1.Cl. The van der Waals surface area contributed by atoms with E-state index in [1.807, 2.05) is 48.2 Å². The van der Waals surface area contributed by atoms with Crippen molar-refractivity contribution in [2.45, 2.75) is 25.8 Å². The Morgan fingerprint density at radius 1 is 1.33 bits per heavy atom. The van der Waals surface area contributed by atoms with Gasteiger partial charge in [-0.1, -0.05) is 6.07 Å². The summed E-state index contributed by atoms with van der Waals surface area (Å²) < 4.78 is 0. The molecule has 1 fully saturated rings. The van der Waals surface area contributed by atoms with Crippen molar-refractivity contribution in [1.29, 1.82) is 0 Å². The van der Waals surface area contributed by atoms with Gasteiger partial charge in [0.1, 0.15) is 0 Å². The molecule has 4 nitrogen and oxygen atoms in total. The number of likely N-dealkylation sites (tertiary alicyclic amines) is 1. The molecule has 1 aromatic rings. The number of halogens is 1. The number of rotatable bonds is 3. The van der Waals surface area contributed by atoms with E-state index in [9.17, 15) is 4.79 Å². The number of carbonyl (C=O) groups excluding carboxylic acids is 1. The first-order valence-electron chi connectivity index (χ1n) is 7.31. The van der Waals surface area contributed by atoms with Gasteiger partial charge in [-0.3, -0.25) is 4.79 Å². The third-order valence-electron chi connectivity index (χ3n) is 4.18. The van der Waals surface area contributed by atoms with Crippen LogP contribution in [-0.2, 0) is 0 Å². The molecule has 1 saturated heterocycles. The molecule has 1 heterocycles. The van der Waals surface area contributed by atoms with Crippen LogP contribution in [0, 0.1) is 5.92 Å². The zero-order chi connectivity index (χ0) is 14.7. The fourth-order valence-corrected chi connectivity index (χ4v) is 2.73. The Hall–Kier alpha value is -1.26. The predicted molar refractivity (Wildman–Crippen MR) is 90.3 cm³/mol. The second-order valence-electron chi connectivity index (χ2n) is 5.93. The molecule has 0 bridgehead atoms. The summed E-state index contributed by atoms with van der Waals surface area (Å²) in [4.78, 5) is 16.5. The monoisotopic (exact) mass is 311 g/mol. The number of hydrogen-bond acceptors (Lipinski definition) is 3. The molecule has 5 heteroatoms. The third kappa shape index (κ3) is 4.35. The van der Waals surface area contributed by atoms with Crippen molar-refractivity contribution >= 4 is 24.0 Å². The maximum atomic E-state index is 12.5. The predicted octanol–water partition coefficient (Wildman–Crippen LogP) is 2.37. The molecular formula is C16H26ClN3O. The van der Waals surface area contributed by atoms with E-state index in [-0.39, 0.29) is 24.4 Å². The van der Waals surface area contributed by atoms with E-state index in [0.29, 0.717) is 5.92 Å². The van der Waals surface area contributed by atoms with Gasteiger partial charge in [0.25, 0.3) is 5.91 Å². The normalized spacial score (nSPS) is 17.0. The fourth-order valence-electron chi connectivity index (χ4n) is 2.73. The van der Waals surface area contributed by atoms with E-state index in [0.717, 1.165) is 37.2 Å². The van der Waals surface area contributed by atoms with Gasteiger partial charge in [0.05, 0.1) is 0 Å². The van der Waals surface area contributed by atoms with Crippen LogP contribution >= 0.6 is 12.4 Å². The van der Waals surface area contributed by atoms with Crippen molar-refractivity contribution in [2.24, 2.45) is 11.7 Å². The Morgan fingerprint density at radius 2 is 1.95 bits per heavy atom. The molecule has 1 aliphatic rings. The average Bonchev–Trinajstić information content (AvgIpc) is 2.46. The lowest BCUT2D eigenvalue weighted by molar-refractivity contribution is 0.0681. The molecule has 2 rings (SSSR count). The van der Waals surface area contributed by atoms with E-state index in [1.54, 1.807) is 0 Å². The summed E-state index contributed by atoms with van der Waals surface area (Å²) in [6.45, 7) is 3.69. The summed E-state index contributed by atoms with van der Waals surface area (Å²) in [5.74, 6) is 0.684. The van der Waals surface area contributed by atoms with Gasteiger partial charge in [-0.2, -0.15) is 0 Å². The number of hydrogen-bond donors (Lipinski definition) is 1. The third-order valence-corrected chi connectivity index (χ3v) is 4.18. The number of nitrogens with two attached hydrogens (primary N) is 1. The molecule has 2 N–H and O–H groups in total. The molecule has 0 aromatic heterocycles. The molecule has 1 aliphatic heterocycles. The van der Waals surface area contributed by atoms with Gasteiger partial charge >= 0.3 is 0 Å². The number of anilines is 1. The summed E-state index contributed by atoms with van der Waals surface area (Å²) in [5, 5.41) is 0. The van der Waals surface area contributed by atoms with Gasteiger partial charge < -0.3 is 15.5 Å². The molecule has 0 spiro atoms. The van der Waals surface area contributed by atoms with Crippen LogP contribution in [0.15, 0.2) is 24.3 Å². The van der Waals surface area contributed by atoms with Crippen LogP contribution in [0.25, 0.3) is 0 Å². The standard InChI is InChI=1S/C16H25N3O.ClH/c1-12(17)13-7-9-19(10-8-13)16(20)14-5-4-6-15(11-14)18(2)3;/h4-6,11-13H,7-10,17H2,1-3H3;1H. The maximum Gasteiger partial charge on any atom is 0.253 e. The van der Waals surface area contributed by atoms with E-state index in [4.69, 9.17) is 5.73 Å². The van der Waals surface area contributed by atoms with Gasteiger partial charge in [0, 0.05) is 44.5 Å². The van der Waals surface area contributed by atoms with Crippen LogP contribution in [0.4, 0.5) is 5.69 Å². The van der Waals surface area contributed by atoms with Crippen molar-refractivity contribution in [2.75, 3.05) is 32.1 Å². The largest absolute Gasteiger partial charge is 0.378 e. The smallest absolute Gasteiger partial charge is 0.253 e. The van der Waals surface area contributed by atoms with Crippen molar-refractivity contribution in [3.8, 4) is 0 Å². The van der Waals surface area contributed by atoms with E-state index >= 15 is 0 Å². The van der Waals surface area contributed by atoms with Crippen LogP contribution in [0.1, 0.15) is 30.1 Å². The highest BCUT2D eigenvalue weighted by Gasteiger charge is 2.25. The zero-order valence-electron chi connectivity index (χ0n) is 13.1. The minimum atomic E-state index is 0. The maximum absolute atomic E-state index is 12.5. The van der Waals surface area contributed by atoms with Crippen LogP contribution in [-0.4, -0.2) is 44.0 Å². The molecule has 1 atom stereocenters. The summed E-state index contributed by atoms with van der Waals surface area (Å²) in [6, 6.07) is 8.04. The molecule has 118 valence electrons. The Morgan fingerprint density at radius 3 is 2.48 bits per heavy atom. The zero-order valence-corrected chi connectivity index (χ0v) is 13.9. The molecule has 1 aromatic carbocycles. The van der Waals surface area contributed by atoms with Crippen LogP contribution in [0.2, 0.25) is 0 Å². The van der Waals surface area contributed by atoms with Crippen LogP contribution in [0.5, 0.6) is 0 Å². The van der Waals surface area contributed by atoms with Gasteiger partial charge in [-0.15, -0.1) is 12.4 Å². The highest BCUT2D eigenvalue weighted by atomic mass is 35.5.